The molecule has 1 aliphatic carbocycles. The number of nitrogens with zero attached hydrogens (tertiary/aromatic N) is 1. The molecule has 1 N–H and O–H groups in total. The molecule has 0 unspecified atom stereocenters. The molecule has 1 aromatic heterocycles. The number of ether oxygens (including phenoxy) is 1. The summed E-state index contributed by atoms with van der Waals surface area (Å²) < 4.78 is 21.8. The van der Waals surface area contributed by atoms with Crippen LogP contribution in [0.4, 0.5) is 4.39 Å². The summed E-state index contributed by atoms with van der Waals surface area (Å²) in [5.41, 5.74) is 8.05. The SMILES string of the molecule is O=C(O)c1ccc(-c2c(C3CCOCC3)n(-c3ccc(F)cc3)c3cc4c(cc23)CC=C4)cc1. The van der Waals surface area contributed by atoms with Gasteiger partial charge in [0.2, 0.25) is 0 Å². The van der Waals surface area contributed by atoms with Gasteiger partial charge in [0.25, 0.3) is 0 Å². The van der Waals surface area contributed by atoms with E-state index in [9.17, 15) is 14.3 Å². The van der Waals surface area contributed by atoms with Gasteiger partial charge in [-0.2, -0.15) is 0 Å². The molecule has 170 valence electrons. The fraction of sp³-hybridized carbons (Fsp3) is 0.207. The molecule has 0 spiro atoms. The second kappa shape index (κ2) is 8.26. The highest BCUT2D eigenvalue weighted by Crippen LogP contribution is 2.45. The lowest BCUT2D eigenvalue weighted by atomic mass is 9.89. The van der Waals surface area contributed by atoms with Gasteiger partial charge in [0, 0.05) is 41.5 Å². The van der Waals surface area contributed by atoms with Crippen molar-refractivity contribution in [1.29, 1.82) is 0 Å². The number of benzene rings is 3. The van der Waals surface area contributed by atoms with E-state index in [-0.39, 0.29) is 17.3 Å². The molecule has 0 atom stereocenters. The molecule has 1 fully saturated rings. The topological polar surface area (TPSA) is 51.5 Å². The molecule has 5 heteroatoms. The van der Waals surface area contributed by atoms with Crippen LogP contribution in [0.3, 0.4) is 0 Å². The fourth-order valence-electron chi connectivity index (χ4n) is 5.37. The fourth-order valence-corrected chi connectivity index (χ4v) is 5.37. The zero-order valence-electron chi connectivity index (χ0n) is 18.6. The van der Waals surface area contributed by atoms with E-state index >= 15 is 0 Å². The van der Waals surface area contributed by atoms with E-state index < -0.39 is 5.97 Å². The number of aromatic nitrogens is 1. The zero-order chi connectivity index (χ0) is 23.2. The number of aromatic carboxylic acids is 1. The molecule has 0 radical (unpaired) electrons. The van der Waals surface area contributed by atoms with Crippen LogP contribution in [0.2, 0.25) is 0 Å². The minimum atomic E-state index is -0.936. The Kier molecular flexibility index (Phi) is 5.07. The molecule has 3 aromatic carbocycles. The number of halogens is 1. The third-order valence-corrected chi connectivity index (χ3v) is 7.01. The van der Waals surface area contributed by atoms with Gasteiger partial charge in [-0.3, -0.25) is 0 Å². The van der Waals surface area contributed by atoms with E-state index in [1.165, 1.54) is 29.0 Å². The van der Waals surface area contributed by atoms with Crippen molar-refractivity contribution in [3.8, 4) is 16.8 Å². The summed E-state index contributed by atoms with van der Waals surface area (Å²) in [6, 6.07) is 18.3. The molecule has 1 aliphatic heterocycles. The predicted molar refractivity (Wildman–Crippen MR) is 131 cm³/mol. The molecule has 2 aliphatic rings. The number of allylic oxidation sites excluding steroid dienone is 1. The Morgan fingerprint density at radius 3 is 2.44 bits per heavy atom. The van der Waals surface area contributed by atoms with Crippen LogP contribution >= 0.6 is 0 Å². The van der Waals surface area contributed by atoms with Crippen LogP contribution in [0.25, 0.3) is 33.8 Å². The van der Waals surface area contributed by atoms with Crippen LogP contribution in [-0.2, 0) is 11.2 Å². The summed E-state index contributed by atoms with van der Waals surface area (Å²) in [7, 11) is 0. The maximum Gasteiger partial charge on any atom is 0.335 e. The minimum absolute atomic E-state index is 0.263. The number of hydrogen-bond acceptors (Lipinski definition) is 2. The third kappa shape index (κ3) is 3.44. The first kappa shape index (κ1) is 20.9. The van der Waals surface area contributed by atoms with Crippen molar-refractivity contribution in [2.45, 2.75) is 25.2 Å². The highest BCUT2D eigenvalue weighted by Gasteiger charge is 2.28. The maximum atomic E-state index is 13.8. The van der Waals surface area contributed by atoms with Gasteiger partial charge < -0.3 is 14.4 Å². The van der Waals surface area contributed by atoms with Crippen LogP contribution in [0.5, 0.6) is 0 Å². The number of carboxylic acids is 1. The average molecular weight is 454 g/mol. The van der Waals surface area contributed by atoms with Gasteiger partial charge in [-0.15, -0.1) is 0 Å². The lowest BCUT2D eigenvalue weighted by molar-refractivity contribution is 0.0697. The summed E-state index contributed by atoms with van der Waals surface area (Å²) in [6.07, 6.45) is 7.03. The number of carboxylic acid groups (broad SMARTS) is 1. The normalized spacial score (nSPS) is 15.7. The largest absolute Gasteiger partial charge is 0.478 e. The van der Waals surface area contributed by atoms with Crippen LogP contribution < -0.4 is 0 Å². The van der Waals surface area contributed by atoms with E-state index in [0.717, 1.165) is 47.0 Å². The van der Waals surface area contributed by atoms with Crippen molar-refractivity contribution in [3.05, 3.63) is 94.9 Å². The molecule has 1 saturated heterocycles. The van der Waals surface area contributed by atoms with Crippen LogP contribution in [0.15, 0.2) is 66.7 Å². The molecule has 0 saturated carbocycles. The van der Waals surface area contributed by atoms with Gasteiger partial charge in [0.1, 0.15) is 5.82 Å². The molecule has 4 aromatic rings. The number of carbonyl (C=O) groups is 1. The summed E-state index contributed by atoms with van der Waals surface area (Å²) in [5.74, 6) is -0.930. The highest BCUT2D eigenvalue weighted by atomic mass is 19.1. The summed E-state index contributed by atoms with van der Waals surface area (Å²) in [5, 5.41) is 10.5. The van der Waals surface area contributed by atoms with Gasteiger partial charge >= 0.3 is 5.97 Å². The van der Waals surface area contributed by atoms with Crippen molar-refractivity contribution in [3.63, 3.8) is 0 Å². The molecule has 2 heterocycles. The monoisotopic (exact) mass is 453 g/mol. The molecular formula is C29H24FNO3. The molecular weight excluding hydrogens is 429 g/mol. The Morgan fingerprint density at radius 2 is 1.74 bits per heavy atom. The second-order valence-corrected chi connectivity index (χ2v) is 9.02. The highest BCUT2D eigenvalue weighted by molar-refractivity contribution is 6.02. The minimum Gasteiger partial charge on any atom is -0.478 e. The molecule has 0 bridgehead atoms. The summed E-state index contributed by atoms with van der Waals surface area (Å²) >= 11 is 0. The van der Waals surface area contributed by atoms with Crippen molar-refractivity contribution in [2.24, 2.45) is 0 Å². The van der Waals surface area contributed by atoms with Gasteiger partial charge in [0.15, 0.2) is 0 Å². The molecule has 34 heavy (non-hydrogen) atoms. The Morgan fingerprint density at radius 1 is 1.00 bits per heavy atom. The van der Waals surface area contributed by atoms with E-state index in [1.54, 1.807) is 12.1 Å². The Balaban J connectivity index is 1.69. The van der Waals surface area contributed by atoms with Crippen LogP contribution in [-0.4, -0.2) is 28.9 Å². The smallest absolute Gasteiger partial charge is 0.335 e. The van der Waals surface area contributed by atoms with Crippen molar-refractivity contribution in [2.75, 3.05) is 13.2 Å². The van der Waals surface area contributed by atoms with E-state index in [1.807, 2.05) is 24.3 Å². The van der Waals surface area contributed by atoms with E-state index in [0.29, 0.717) is 13.2 Å². The Labute approximate surface area is 196 Å². The van der Waals surface area contributed by atoms with Crippen LogP contribution in [0, 0.1) is 5.82 Å². The van der Waals surface area contributed by atoms with Gasteiger partial charge in [-0.25, -0.2) is 9.18 Å². The first-order valence-corrected chi connectivity index (χ1v) is 11.7. The Hall–Kier alpha value is -3.70. The second-order valence-electron chi connectivity index (χ2n) is 9.02. The number of rotatable bonds is 4. The number of hydrogen-bond donors (Lipinski definition) is 1. The van der Waals surface area contributed by atoms with Crippen molar-refractivity contribution >= 4 is 22.9 Å². The first-order valence-electron chi connectivity index (χ1n) is 11.7. The lowest BCUT2D eigenvalue weighted by Gasteiger charge is -2.26. The summed E-state index contributed by atoms with van der Waals surface area (Å²) in [6.45, 7) is 1.40. The zero-order valence-corrected chi connectivity index (χ0v) is 18.6. The summed E-state index contributed by atoms with van der Waals surface area (Å²) in [4.78, 5) is 11.5. The lowest BCUT2D eigenvalue weighted by Crippen LogP contribution is -2.17. The van der Waals surface area contributed by atoms with Crippen molar-refractivity contribution in [1.82, 2.24) is 4.57 Å². The first-order chi connectivity index (χ1) is 16.6. The molecule has 6 rings (SSSR count). The van der Waals surface area contributed by atoms with Gasteiger partial charge in [-0.1, -0.05) is 24.3 Å². The maximum absolute atomic E-state index is 13.8. The average Bonchev–Trinajstić information content (AvgIpc) is 3.45. The quantitative estimate of drug-likeness (QED) is 0.379. The van der Waals surface area contributed by atoms with Crippen molar-refractivity contribution < 1.29 is 19.0 Å². The molecule has 4 nitrogen and oxygen atoms in total. The van der Waals surface area contributed by atoms with E-state index in [2.05, 4.69) is 28.9 Å². The predicted octanol–water partition coefficient (Wildman–Crippen LogP) is 6.60. The number of fused-ring (bicyclic) bond motifs is 2. The Bertz CT molecular complexity index is 1430. The van der Waals surface area contributed by atoms with E-state index in [4.69, 9.17) is 4.74 Å². The van der Waals surface area contributed by atoms with Crippen LogP contribution in [0.1, 0.15) is 45.9 Å². The molecule has 0 amide bonds. The standard InChI is InChI=1S/C29H24FNO3/c30-23-8-10-24(11-9-23)31-26-17-22-3-1-2-21(22)16-25(26)27(28(31)19-12-14-34-15-13-19)18-4-6-20(7-5-18)29(32)33/h1,3-11,16-17,19H,2,12-15H2,(H,32,33). The van der Waals surface area contributed by atoms with Gasteiger partial charge in [0.05, 0.1) is 11.1 Å². The van der Waals surface area contributed by atoms with Gasteiger partial charge in [-0.05, 0) is 84.5 Å². The third-order valence-electron chi connectivity index (χ3n) is 7.01.